The van der Waals surface area contributed by atoms with E-state index in [0.29, 0.717) is 36.4 Å². The summed E-state index contributed by atoms with van der Waals surface area (Å²) in [5, 5.41) is 6.17. The van der Waals surface area contributed by atoms with Crippen LogP contribution in [0, 0.1) is 11.7 Å². The highest BCUT2D eigenvalue weighted by atomic mass is 19.1. The third-order valence-electron chi connectivity index (χ3n) is 6.91. The molecule has 2 aromatic carbocycles. The van der Waals surface area contributed by atoms with Gasteiger partial charge in [-0.15, -0.1) is 0 Å². The number of methoxy groups -OCH3 is 1. The Labute approximate surface area is 205 Å². The van der Waals surface area contributed by atoms with Crippen LogP contribution in [0.5, 0.6) is 5.75 Å². The Bertz CT molecular complexity index is 1060. The first-order valence-corrected chi connectivity index (χ1v) is 12.2. The number of likely N-dealkylation sites (tertiary alicyclic amines) is 1. The Hall–Kier alpha value is -3.42. The summed E-state index contributed by atoms with van der Waals surface area (Å²) in [6.07, 6.45) is 4.95. The summed E-state index contributed by atoms with van der Waals surface area (Å²) in [4.78, 5) is 40.6. The van der Waals surface area contributed by atoms with E-state index in [1.165, 1.54) is 24.3 Å². The van der Waals surface area contributed by atoms with E-state index >= 15 is 0 Å². The van der Waals surface area contributed by atoms with Gasteiger partial charge in [-0.3, -0.25) is 14.4 Å². The number of hydrogen-bond donors (Lipinski definition) is 2. The highest BCUT2D eigenvalue weighted by Crippen LogP contribution is 2.23. The number of carbonyl (C=O) groups excluding carboxylic acids is 3. The Balaban J connectivity index is 1.36. The molecular weight excluding hydrogens is 449 g/mol. The normalized spacial score (nSPS) is 22.2. The molecule has 8 heteroatoms. The second-order valence-electron chi connectivity index (χ2n) is 9.31. The number of ether oxygens (including phenoxy) is 1. The van der Waals surface area contributed by atoms with E-state index in [-0.39, 0.29) is 35.7 Å². The molecule has 0 spiro atoms. The topological polar surface area (TPSA) is 87.7 Å². The van der Waals surface area contributed by atoms with Crippen molar-refractivity contribution in [1.29, 1.82) is 0 Å². The van der Waals surface area contributed by atoms with Gasteiger partial charge in [0, 0.05) is 36.3 Å². The third-order valence-corrected chi connectivity index (χ3v) is 6.91. The highest BCUT2D eigenvalue weighted by molar-refractivity contribution is 5.95. The lowest BCUT2D eigenvalue weighted by Crippen LogP contribution is -2.55. The summed E-state index contributed by atoms with van der Waals surface area (Å²) < 4.78 is 18.4. The largest absolute Gasteiger partial charge is 0.497 e. The summed E-state index contributed by atoms with van der Waals surface area (Å²) in [7, 11) is 1.56. The predicted octanol–water partition coefficient (Wildman–Crippen LogP) is 3.54. The van der Waals surface area contributed by atoms with Crippen molar-refractivity contribution >= 4 is 17.7 Å². The Morgan fingerprint density at radius 2 is 1.63 bits per heavy atom. The molecule has 1 saturated heterocycles. The lowest BCUT2D eigenvalue weighted by molar-refractivity contribution is -0.127. The fraction of sp³-hybridized carbons (Fsp3) is 0.444. The summed E-state index contributed by atoms with van der Waals surface area (Å²) in [6, 6.07) is 12.1. The van der Waals surface area contributed by atoms with Gasteiger partial charge < -0.3 is 20.3 Å². The average Bonchev–Trinajstić information content (AvgIpc) is 2.89. The molecule has 3 amide bonds. The minimum absolute atomic E-state index is 0.0823. The van der Waals surface area contributed by atoms with Gasteiger partial charge in [-0.05, 0) is 68.1 Å². The van der Waals surface area contributed by atoms with Gasteiger partial charge in [-0.2, -0.15) is 0 Å². The fourth-order valence-electron chi connectivity index (χ4n) is 4.94. The zero-order valence-electron chi connectivity index (χ0n) is 20.0. The van der Waals surface area contributed by atoms with E-state index in [9.17, 15) is 18.8 Å². The first-order valence-electron chi connectivity index (χ1n) is 12.2. The van der Waals surface area contributed by atoms with Gasteiger partial charge in [-0.25, -0.2) is 4.39 Å². The predicted molar refractivity (Wildman–Crippen MR) is 130 cm³/mol. The molecule has 186 valence electrons. The molecule has 2 aromatic rings. The van der Waals surface area contributed by atoms with Gasteiger partial charge in [0.2, 0.25) is 5.91 Å². The number of rotatable bonds is 6. The standard InChI is InChI=1S/C27H32FN3O4/c1-35-22-8-4-6-19(16-22)27(34)31-15-5-7-20(17-31)26(33)30-24-10-3-2-9-23(24)29-25(32)18-11-13-21(28)14-12-18/h4,6,8,11-14,16,20,23-24H,2-3,5,7,9-10,15,17H2,1H3,(H,29,32)(H,30,33)/t20-,23-,24-/m1/s1. The van der Waals surface area contributed by atoms with Gasteiger partial charge in [0.1, 0.15) is 11.6 Å². The molecule has 1 aliphatic heterocycles. The number of nitrogens with zero attached hydrogens (tertiary/aromatic N) is 1. The summed E-state index contributed by atoms with van der Waals surface area (Å²) in [6.45, 7) is 0.973. The van der Waals surface area contributed by atoms with Crippen LogP contribution >= 0.6 is 0 Å². The molecular formula is C27H32FN3O4. The highest BCUT2D eigenvalue weighted by Gasteiger charge is 2.33. The summed E-state index contributed by atoms with van der Waals surface area (Å²) in [5.41, 5.74) is 0.933. The van der Waals surface area contributed by atoms with Crippen LogP contribution in [0.1, 0.15) is 59.2 Å². The van der Waals surface area contributed by atoms with E-state index in [4.69, 9.17) is 4.74 Å². The SMILES string of the molecule is COc1cccc(C(=O)N2CCC[C@@H](C(=O)N[C@@H]3CCCC[C@H]3NC(=O)c3ccc(F)cc3)C2)c1. The summed E-state index contributed by atoms with van der Waals surface area (Å²) >= 11 is 0. The molecule has 7 nitrogen and oxygen atoms in total. The zero-order chi connectivity index (χ0) is 24.8. The maximum atomic E-state index is 13.2. The Morgan fingerprint density at radius 3 is 2.34 bits per heavy atom. The van der Waals surface area contributed by atoms with Gasteiger partial charge in [0.25, 0.3) is 11.8 Å². The average molecular weight is 482 g/mol. The summed E-state index contributed by atoms with van der Waals surface area (Å²) in [5.74, 6) is -0.536. The molecule has 0 bridgehead atoms. The number of carbonyl (C=O) groups is 3. The van der Waals surface area contributed by atoms with Crippen molar-refractivity contribution in [1.82, 2.24) is 15.5 Å². The number of halogens is 1. The molecule has 1 aliphatic carbocycles. The monoisotopic (exact) mass is 481 g/mol. The molecule has 2 fully saturated rings. The molecule has 1 heterocycles. The van der Waals surface area contributed by atoms with Crippen LogP contribution in [-0.4, -0.2) is 54.9 Å². The van der Waals surface area contributed by atoms with Crippen LogP contribution in [0.15, 0.2) is 48.5 Å². The molecule has 0 radical (unpaired) electrons. The van der Waals surface area contributed by atoms with Crippen molar-refractivity contribution in [2.45, 2.75) is 50.6 Å². The molecule has 1 saturated carbocycles. The first-order chi connectivity index (χ1) is 16.9. The zero-order valence-corrected chi connectivity index (χ0v) is 20.0. The second-order valence-corrected chi connectivity index (χ2v) is 9.31. The maximum absolute atomic E-state index is 13.2. The van der Waals surface area contributed by atoms with Crippen molar-refractivity contribution in [3.63, 3.8) is 0 Å². The molecule has 3 atom stereocenters. The number of amides is 3. The molecule has 2 N–H and O–H groups in total. The molecule has 0 unspecified atom stereocenters. The number of nitrogens with one attached hydrogen (secondary N) is 2. The fourth-order valence-corrected chi connectivity index (χ4v) is 4.94. The van der Waals surface area contributed by atoms with Crippen LogP contribution in [0.25, 0.3) is 0 Å². The van der Waals surface area contributed by atoms with Gasteiger partial charge in [-0.1, -0.05) is 18.9 Å². The second kappa shape index (κ2) is 11.3. The van der Waals surface area contributed by atoms with Crippen molar-refractivity contribution < 1.29 is 23.5 Å². The van der Waals surface area contributed by atoms with Crippen molar-refractivity contribution in [3.05, 3.63) is 65.5 Å². The maximum Gasteiger partial charge on any atom is 0.254 e. The van der Waals surface area contributed by atoms with E-state index < -0.39 is 5.82 Å². The lowest BCUT2D eigenvalue weighted by atomic mass is 9.88. The molecule has 0 aromatic heterocycles. The number of hydrogen-bond acceptors (Lipinski definition) is 4. The van der Waals surface area contributed by atoms with E-state index in [1.807, 2.05) is 0 Å². The van der Waals surface area contributed by atoms with Gasteiger partial charge in [0.05, 0.1) is 13.0 Å². The van der Waals surface area contributed by atoms with Crippen LogP contribution in [-0.2, 0) is 4.79 Å². The van der Waals surface area contributed by atoms with Crippen molar-refractivity contribution in [2.24, 2.45) is 5.92 Å². The van der Waals surface area contributed by atoms with E-state index in [2.05, 4.69) is 10.6 Å². The minimum Gasteiger partial charge on any atom is -0.497 e. The third kappa shape index (κ3) is 6.18. The molecule has 2 aliphatic rings. The van der Waals surface area contributed by atoms with Crippen LogP contribution in [0.4, 0.5) is 4.39 Å². The number of benzene rings is 2. The lowest BCUT2D eigenvalue weighted by Gasteiger charge is -2.36. The van der Waals surface area contributed by atoms with Crippen LogP contribution < -0.4 is 15.4 Å². The van der Waals surface area contributed by atoms with Gasteiger partial charge in [0.15, 0.2) is 0 Å². The Kier molecular flexibility index (Phi) is 8.00. The number of piperidine rings is 1. The Morgan fingerprint density at radius 1 is 0.914 bits per heavy atom. The smallest absolute Gasteiger partial charge is 0.254 e. The van der Waals surface area contributed by atoms with E-state index in [1.54, 1.807) is 36.3 Å². The van der Waals surface area contributed by atoms with Gasteiger partial charge >= 0.3 is 0 Å². The van der Waals surface area contributed by atoms with Crippen molar-refractivity contribution in [2.75, 3.05) is 20.2 Å². The van der Waals surface area contributed by atoms with Crippen LogP contribution in [0.2, 0.25) is 0 Å². The minimum atomic E-state index is -0.393. The molecule has 35 heavy (non-hydrogen) atoms. The molecule has 4 rings (SSSR count). The first kappa shape index (κ1) is 24.7. The van der Waals surface area contributed by atoms with E-state index in [0.717, 1.165) is 32.1 Å². The quantitative estimate of drug-likeness (QED) is 0.661. The van der Waals surface area contributed by atoms with Crippen LogP contribution in [0.3, 0.4) is 0 Å². The van der Waals surface area contributed by atoms with Crippen molar-refractivity contribution in [3.8, 4) is 5.75 Å².